The van der Waals surface area contributed by atoms with Gasteiger partial charge in [-0.3, -0.25) is 9.59 Å². The molecule has 0 aliphatic heterocycles. The molecule has 0 radical (unpaired) electrons. The Balaban J connectivity index is 0.000000860. The van der Waals surface area contributed by atoms with Gasteiger partial charge in [0, 0.05) is 45.3 Å². The van der Waals surface area contributed by atoms with E-state index in [1.54, 1.807) is 0 Å². The fourth-order valence-corrected chi connectivity index (χ4v) is 10.8. The summed E-state index contributed by atoms with van der Waals surface area (Å²) in [5.74, 6) is -3.92. The second kappa shape index (κ2) is 45.4. The fourth-order valence-electron chi connectivity index (χ4n) is 10.8. The first kappa shape index (κ1) is 79.1. The summed E-state index contributed by atoms with van der Waals surface area (Å²) in [6.45, 7) is 22.6. The maximum absolute atomic E-state index is 13.0. The topological polar surface area (TPSA) is 249 Å². The lowest BCUT2D eigenvalue weighted by Crippen LogP contribution is -2.37. The molecule has 0 amide bonds. The molecule has 0 aromatic rings. The van der Waals surface area contributed by atoms with E-state index in [4.69, 9.17) is 47.4 Å². The van der Waals surface area contributed by atoms with Gasteiger partial charge in [0.15, 0.2) is 36.6 Å². The minimum absolute atomic E-state index is 0.0188. The van der Waals surface area contributed by atoms with Crippen LogP contribution in [0.15, 0.2) is 24.3 Å². The van der Waals surface area contributed by atoms with Crippen LogP contribution in [0.25, 0.3) is 0 Å². The Bertz CT molecular complexity index is 1880. The summed E-state index contributed by atoms with van der Waals surface area (Å²) in [7, 11) is 2.71. The summed E-state index contributed by atoms with van der Waals surface area (Å²) in [5, 5.41) is 11.0. The number of aliphatic hydroxyl groups is 1. The summed E-state index contributed by atoms with van der Waals surface area (Å²) in [6, 6.07) is 0. The molecule has 0 saturated heterocycles. The summed E-state index contributed by atoms with van der Waals surface area (Å²) in [5.41, 5.74) is 0. The monoisotopic (exact) mass is 1220 g/mol. The van der Waals surface area contributed by atoms with Gasteiger partial charge in [0.25, 0.3) is 0 Å². The van der Waals surface area contributed by atoms with Gasteiger partial charge in [-0.2, -0.15) is 0 Å². The number of ether oxygens (including phenoxy) is 10. The van der Waals surface area contributed by atoms with Crippen LogP contribution in [0.4, 0.5) is 0 Å². The molecule has 0 aromatic heterocycles. The highest BCUT2D eigenvalue weighted by atomic mass is 16.6. The van der Waals surface area contributed by atoms with Gasteiger partial charge >= 0.3 is 47.8 Å². The Morgan fingerprint density at radius 2 is 0.744 bits per heavy atom. The van der Waals surface area contributed by atoms with Crippen molar-refractivity contribution in [2.45, 2.75) is 311 Å². The number of hydrogen-bond donors (Lipinski definition) is 1. The smallest absolute Gasteiger partial charge is 0.347 e. The van der Waals surface area contributed by atoms with Crippen molar-refractivity contribution < 1.29 is 90.8 Å². The average molecular weight is 1220 g/mol. The third kappa shape index (κ3) is 32.9. The molecule has 1 N–H and O–H groups in total. The summed E-state index contributed by atoms with van der Waals surface area (Å²) >= 11 is 0. The van der Waals surface area contributed by atoms with E-state index >= 15 is 0 Å². The average Bonchev–Trinajstić information content (AvgIpc) is 2.65. The summed E-state index contributed by atoms with van der Waals surface area (Å²) in [4.78, 5) is 98.2. The van der Waals surface area contributed by atoms with E-state index in [0.29, 0.717) is 50.4 Å². The number of allylic oxidation sites excluding steroid dienone is 4. The van der Waals surface area contributed by atoms with Crippen molar-refractivity contribution in [2.24, 2.45) is 29.6 Å². The molecule has 0 bridgehead atoms. The maximum Gasteiger partial charge on any atom is 0.347 e. The Kier molecular flexibility index (Phi) is 41.8. The van der Waals surface area contributed by atoms with Gasteiger partial charge in [0.2, 0.25) is 0 Å². The van der Waals surface area contributed by atoms with E-state index < -0.39 is 84.6 Å². The molecule has 19 heteroatoms. The van der Waals surface area contributed by atoms with E-state index in [0.717, 1.165) is 57.8 Å². The molecule has 2 aliphatic carbocycles. The van der Waals surface area contributed by atoms with Crippen LogP contribution >= 0.6 is 0 Å². The minimum Gasteiger partial charge on any atom is -0.463 e. The van der Waals surface area contributed by atoms with Crippen LogP contribution < -0.4 is 0 Å². The number of esters is 8. The largest absolute Gasteiger partial charge is 0.463 e. The van der Waals surface area contributed by atoms with E-state index in [-0.39, 0.29) is 48.0 Å². The molecular weight excluding hydrogens is 1110 g/mol. The van der Waals surface area contributed by atoms with Crippen molar-refractivity contribution in [2.75, 3.05) is 14.2 Å². The zero-order chi connectivity index (χ0) is 64.7. The van der Waals surface area contributed by atoms with Gasteiger partial charge in [-0.1, -0.05) is 122 Å². The third-order valence-electron chi connectivity index (χ3n) is 15.9. The molecule has 2 aliphatic rings. The number of unbranched alkanes of at least 4 members (excludes halogenated alkanes) is 12. The van der Waals surface area contributed by atoms with Gasteiger partial charge < -0.3 is 52.5 Å². The number of aliphatic hydroxyl groups excluding tert-OH is 1. The Labute approximate surface area is 516 Å². The summed E-state index contributed by atoms with van der Waals surface area (Å²) in [6.07, 6.45) is 22.5. The second-order valence-corrected chi connectivity index (χ2v) is 24.1. The van der Waals surface area contributed by atoms with Crippen LogP contribution in [0.2, 0.25) is 0 Å². The van der Waals surface area contributed by atoms with Crippen LogP contribution in [-0.4, -0.2) is 134 Å². The molecule has 2 rings (SSSR count). The molecule has 86 heavy (non-hydrogen) atoms. The first-order chi connectivity index (χ1) is 40.8. The van der Waals surface area contributed by atoms with Crippen LogP contribution in [0, 0.1) is 29.6 Å². The zero-order valence-electron chi connectivity index (χ0n) is 55.3. The Morgan fingerprint density at radius 1 is 0.407 bits per heavy atom. The number of carbonyl (C=O) groups excluding carboxylic acids is 8. The molecule has 6 unspecified atom stereocenters. The Morgan fingerprint density at radius 3 is 1.13 bits per heavy atom. The third-order valence-corrected chi connectivity index (χ3v) is 15.9. The van der Waals surface area contributed by atoms with Gasteiger partial charge in [0.05, 0.1) is 18.3 Å². The molecule has 0 spiro atoms. The number of carbonyl (C=O) groups is 8. The zero-order valence-corrected chi connectivity index (χ0v) is 55.3. The first-order valence-corrected chi connectivity index (χ1v) is 32.5. The molecule has 2 fully saturated rings. The molecule has 14 atom stereocenters. The van der Waals surface area contributed by atoms with Gasteiger partial charge in [-0.25, -0.2) is 28.8 Å². The van der Waals surface area contributed by atoms with Gasteiger partial charge in [-0.15, -0.1) is 0 Å². The molecular formula is C67H114O19. The second-order valence-electron chi connectivity index (χ2n) is 24.1. The number of hydrogen-bond acceptors (Lipinski definition) is 19. The predicted molar refractivity (Wildman–Crippen MR) is 327 cm³/mol. The number of methoxy groups -OCH3 is 2. The lowest BCUT2D eigenvalue weighted by molar-refractivity contribution is -0.182. The van der Waals surface area contributed by atoms with Crippen LogP contribution in [0.1, 0.15) is 244 Å². The lowest BCUT2D eigenvalue weighted by Gasteiger charge is -2.26. The van der Waals surface area contributed by atoms with E-state index in [1.807, 2.05) is 39.8 Å². The number of rotatable bonds is 42. The standard InChI is InChI=1S/C34H58O9.C33H56O10/c1-9-10-11-12-13-16-19-28-24(4)22-30(29(28)20-17-14-15-18-21-31(35)40-23(2)3)43-34(38)27(7)42-33(37)26(6)41-32(36)25(5)39-8;1-8-9-10-11-12-15-18-26-27(19-16-13-14-17-20-30(35)40-22(2)3)29(21-28(26)34)43-33(38)25(6)42-32(37)24(5)41-31(36)23(4)39-7/h14,17,23-30H,9-13,15-16,18-22H2,1-8H3;13,16,22-29,34H,8-12,14-15,17-21H2,1-7H3/b17-14-;16-13-/t24-,25?,26?,27?,28+,29-,30+;23?,24?,25?,26-,27-,28-,29+/m11/s1. The van der Waals surface area contributed by atoms with Crippen LogP contribution in [0.3, 0.4) is 0 Å². The van der Waals surface area contributed by atoms with Crippen LogP contribution in [-0.2, 0) is 85.7 Å². The highest BCUT2D eigenvalue weighted by molar-refractivity contribution is 5.84. The fraction of sp³-hybridized carbons (Fsp3) is 0.821. The van der Waals surface area contributed by atoms with Crippen LogP contribution in [0.5, 0.6) is 0 Å². The summed E-state index contributed by atoms with van der Waals surface area (Å²) < 4.78 is 52.6. The van der Waals surface area contributed by atoms with Crippen molar-refractivity contribution in [1.82, 2.24) is 0 Å². The lowest BCUT2D eigenvalue weighted by atomic mass is 9.83. The normalized spacial score (nSPS) is 22.3. The minimum atomic E-state index is -1.22. The SMILES string of the molecule is CCCCCCCC[C@@H]1[C@@H](C/C=C\CCCC(=O)OC(C)C)[C@@H](OC(=O)C(C)OC(=O)C(C)OC(=O)C(C)OC)C[C@H]1C.CCCCCCCC[C@@H]1[C@@H](C/C=C\CCCC(=O)OC(C)C)[C@@H](OC(=O)C(C)OC(=O)C(C)OC(=O)C(C)OC)C[C@H]1O. The maximum atomic E-state index is 13.0. The highest BCUT2D eigenvalue weighted by Crippen LogP contribution is 2.44. The van der Waals surface area contributed by atoms with E-state index in [9.17, 15) is 43.5 Å². The van der Waals surface area contributed by atoms with Crippen molar-refractivity contribution in [3.8, 4) is 0 Å². The van der Waals surface area contributed by atoms with Gasteiger partial charge in [-0.05, 0) is 145 Å². The molecule has 2 saturated carbocycles. The van der Waals surface area contributed by atoms with Crippen molar-refractivity contribution in [3.05, 3.63) is 24.3 Å². The molecule has 19 nitrogen and oxygen atoms in total. The van der Waals surface area contributed by atoms with Gasteiger partial charge in [0.1, 0.15) is 12.2 Å². The molecule has 0 aromatic carbocycles. The van der Waals surface area contributed by atoms with Crippen molar-refractivity contribution >= 4 is 47.8 Å². The highest BCUT2D eigenvalue weighted by Gasteiger charge is 2.45. The van der Waals surface area contributed by atoms with Crippen molar-refractivity contribution in [3.63, 3.8) is 0 Å². The van der Waals surface area contributed by atoms with E-state index in [1.165, 1.54) is 114 Å². The Hall–Kier alpha value is -4.88. The predicted octanol–water partition coefficient (Wildman–Crippen LogP) is 12.5. The first-order valence-electron chi connectivity index (χ1n) is 32.5. The van der Waals surface area contributed by atoms with E-state index in [2.05, 4.69) is 32.9 Å². The molecule has 496 valence electrons. The van der Waals surface area contributed by atoms with Crippen molar-refractivity contribution in [1.29, 1.82) is 0 Å². The molecule has 0 heterocycles. The quantitative estimate of drug-likeness (QED) is 0.0258.